The van der Waals surface area contributed by atoms with Crippen molar-refractivity contribution in [2.24, 2.45) is 0 Å². The van der Waals surface area contributed by atoms with E-state index in [0.29, 0.717) is 5.56 Å². The number of carboxylic acids is 1. The molecule has 0 unspecified atom stereocenters. The van der Waals surface area contributed by atoms with Crippen LogP contribution in [0.2, 0.25) is 0 Å². The van der Waals surface area contributed by atoms with E-state index in [2.05, 4.69) is 6.07 Å². The molecule has 0 fully saturated rings. The maximum atomic E-state index is 10.9. The molecule has 106 valence electrons. The van der Waals surface area contributed by atoms with E-state index in [9.17, 15) is 4.79 Å². The molecule has 0 amide bonds. The lowest BCUT2D eigenvalue weighted by atomic mass is 10.0. The minimum Gasteiger partial charge on any atom is -0.481 e. The van der Waals surface area contributed by atoms with Crippen LogP contribution in [0.15, 0.2) is 52.3 Å². The first kappa shape index (κ1) is 15.1. The van der Waals surface area contributed by atoms with Crippen LogP contribution in [0.4, 0.5) is 0 Å². The van der Waals surface area contributed by atoms with Crippen molar-refractivity contribution in [3.8, 4) is 6.07 Å². The molecule has 2 aromatic rings. The smallest absolute Gasteiger partial charge is 0.307 e. The number of rotatable bonds is 5. The molecule has 0 aliphatic carbocycles. The molecule has 0 aromatic heterocycles. The van der Waals surface area contributed by atoms with Gasteiger partial charge in [-0.1, -0.05) is 24.8 Å². The van der Waals surface area contributed by atoms with E-state index in [1.807, 2.05) is 37.3 Å². The number of hydrogen-bond donors (Lipinski definition) is 1. The molecule has 2 aromatic carbocycles. The molecule has 2 rings (SSSR count). The van der Waals surface area contributed by atoms with Crippen LogP contribution in [0.5, 0.6) is 0 Å². The van der Waals surface area contributed by atoms with E-state index in [1.165, 1.54) is 0 Å². The van der Waals surface area contributed by atoms with Crippen molar-refractivity contribution in [1.82, 2.24) is 0 Å². The Morgan fingerprint density at radius 2 is 1.81 bits per heavy atom. The third kappa shape index (κ3) is 4.11. The van der Waals surface area contributed by atoms with Gasteiger partial charge in [0.25, 0.3) is 0 Å². The molecule has 4 heteroatoms. The molecule has 0 radical (unpaired) electrons. The Labute approximate surface area is 128 Å². The van der Waals surface area contributed by atoms with Crippen molar-refractivity contribution in [3.05, 3.63) is 59.2 Å². The topological polar surface area (TPSA) is 61.1 Å². The van der Waals surface area contributed by atoms with E-state index < -0.39 is 5.97 Å². The van der Waals surface area contributed by atoms with Gasteiger partial charge in [-0.3, -0.25) is 4.79 Å². The summed E-state index contributed by atoms with van der Waals surface area (Å²) in [5, 5.41) is 17.8. The molecular weight excluding hydrogens is 282 g/mol. The number of nitriles is 1. The molecule has 0 saturated carbocycles. The minimum absolute atomic E-state index is 0.0466. The number of nitrogens with zero attached hydrogens (tertiary/aromatic N) is 1. The van der Waals surface area contributed by atoms with Gasteiger partial charge in [0, 0.05) is 9.79 Å². The molecule has 0 aliphatic rings. The van der Waals surface area contributed by atoms with E-state index in [0.717, 1.165) is 27.3 Å². The van der Waals surface area contributed by atoms with Gasteiger partial charge in [-0.25, -0.2) is 0 Å². The predicted octanol–water partition coefficient (Wildman–Crippen LogP) is 3.90. The zero-order valence-corrected chi connectivity index (χ0v) is 12.5. The number of carbonyl (C=O) groups is 1. The predicted molar refractivity (Wildman–Crippen MR) is 82.4 cm³/mol. The Kier molecular flexibility index (Phi) is 5.02. The van der Waals surface area contributed by atoms with E-state index in [-0.39, 0.29) is 6.42 Å². The number of aryl methyl sites for hydroxylation is 1. The quantitative estimate of drug-likeness (QED) is 0.909. The SMILES string of the molecule is CCc1ccc(Sc2ccc(C#N)cc2)cc1CC(=O)O. The first-order valence-electron chi connectivity index (χ1n) is 6.64. The van der Waals surface area contributed by atoms with Crippen molar-refractivity contribution in [2.45, 2.75) is 29.6 Å². The molecule has 1 N–H and O–H groups in total. The summed E-state index contributed by atoms with van der Waals surface area (Å²) in [4.78, 5) is 13.0. The van der Waals surface area contributed by atoms with Crippen LogP contribution < -0.4 is 0 Å². The average Bonchev–Trinajstić information content (AvgIpc) is 2.48. The highest BCUT2D eigenvalue weighted by atomic mass is 32.2. The third-order valence-electron chi connectivity index (χ3n) is 3.12. The summed E-state index contributed by atoms with van der Waals surface area (Å²) >= 11 is 1.56. The summed E-state index contributed by atoms with van der Waals surface area (Å²) in [5.41, 5.74) is 2.57. The molecule has 0 aliphatic heterocycles. The summed E-state index contributed by atoms with van der Waals surface area (Å²) in [6, 6.07) is 15.4. The lowest BCUT2D eigenvalue weighted by Crippen LogP contribution is -2.03. The summed E-state index contributed by atoms with van der Waals surface area (Å²) in [7, 11) is 0. The first-order valence-corrected chi connectivity index (χ1v) is 7.45. The van der Waals surface area contributed by atoms with Crippen LogP contribution >= 0.6 is 11.8 Å². The second-order valence-electron chi connectivity index (χ2n) is 4.59. The first-order chi connectivity index (χ1) is 10.1. The molecule has 0 heterocycles. The Morgan fingerprint density at radius 1 is 1.14 bits per heavy atom. The van der Waals surface area contributed by atoms with Gasteiger partial charge >= 0.3 is 5.97 Å². The number of carboxylic acid groups (broad SMARTS) is 1. The van der Waals surface area contributed by atoms with Crippen molar-refractivity contribution >= 4 is 17.7 Å². The van der Waals surface area contributed by atoms with Crippen LogP contribution in [0.25, 0.3) is 0 Å². The van der Waals surface area contributed by atoms with Crippen LogP contribution in [-0.2, 0) is 17.6 Å². The second kappa shape index (κ2) is 6.96. The molecule has 3 nitrogen and oxygen atoms in total. The zero-order chi connectivity index (χ0) is 15.2. The lowest BCUT2D eigenvalue weighted by molar-refractivity contribution is -0.136. The number of aliphatic carboxylic acids is 1. The summed E-state index contributed by atoms with van der Waals surface area (Å²) in [5.74, 6) is -0.815. The van der Waals surface area contributed by atoms with Gasteiger partial charge in [0.05, 0.1) is 18.1 Å². The van der Waals surface area contributed by atoms with Crippen LogP contribution in [0.1, 0.15) is 23.6 Å². The van der Waals surface area contributed by atoms with Crippen molar-refractivity contribution in [1.29, 1.82) is 5.26 Å². The van der Waals surface area contributed by atoms with Gasteiger partial charge in [0.1, 0.15) is 0 Å². The molecule has 21 heavy (non-hydrogen) atoms. The maximum Gasteiger partial charge on any atom is 0.307 e. The third-order valence-corrected chi connectivity index (χ3v) is 4.12. The van der Waals surface area contributed by atoms with Crippen LogP contribution in [0, 0.1) is 11.3 Å². The van der Waals surface area contributed by atoms with Gasteiger partial charge in [0.15, 0.2) is 0 Å². The highest BCUT2D eigenvalue weighted by Crippen LogP contribution is 2.29. The van der Waals surface area contributed by atoms with Gasteiger partial charge in [-0.05, 0) is 53.9 Å². The van der Waals surface area contributed by atoms with E-state index in [4.69, 9.17) is 10.4 Å². The summed E-state index contributed by atoms with van der Waals surface area (Å²) in [6.07, 6.45) is 0.870. The maximum absolute atomic E-state index is 10.9. The van der Waals surface area contributed by atoms with Crippen LogP contribution in [-0.4, -0.2) is 11.1 Å². The Bertz CT molecular complexity index is 687. The molecular formula is C17H15NO2S. The normalized spacial score (nSPS) is 10.1. The van der Waals surface area contributed by atoms with E-state index in [1.54, 1.807) is 23.9 Å². The standard InChI is InChI=1S/C17H15NO2S/c1-2-13-5-8-16(9-14(13)10-17(19)20)21-15-6-3-12(11-18)4-7-15/h3-9H,2,10H2,1H3,(H,19,20). The Hall–Kier alpha value is -2.25. The molecule has 0 spiro atoms. The van der Waals surface area contributed by atoms with Gasteiger partial charge in [0.2, 0.25) is 0 Å². The minimum atomic E-state index is -0.815. The molecule has 0 saturated heterocycles. The highest BCUT2D eigenvalue weighted by molar-refractivity contribution is 7.99. The molecule has 0 bridgehead atoms. The van der Waals surface area contributed by atoms with E-state index >= 15 is 0 Å². The van der Waals surface area contributed by atoms with Crippen LogP contribution in [0.3, 0.4) is 0 Å². The summed E-state index contributed by atoms with van der Waals surface area (Å²) < 4.78 is 0. The number of benzene rings is 2. The van der Waals surface area contributed by atoms with Gasteiger partial charge in [-0.2, -0.15) is 5.26 Å². The highest BCUT2D eigenvalue weighted by Gasteiger charge is 2.08. The fourth-order valence-electron chi connectivity index (χ4n) is 2.07. The van der Waals surface area contributed by atoms with Crippen molar-refractivity contribution in [2.75, 3.05) is 0 Å². The van der Waals surface area contributed by atoms with Gasteiger partial charge < -0.3 is 5.11 Å². The Balaban J connectivity index is 2.23. The molecule has 0 atom stereocenters. The average molecular weight is 297 g/mol. The second-order valence-corrected chi connectivity index (χ2v) is 5.74. The van der Waals surface area contributed by atoms with Crippen molar-refractivity contribution in [3.63, 3.8) is 0 Å². The van der Waals surface area contributed by atoms with Gasteiger partial charge in [-0.15, -0.1) is 0 Å². The largest absolute Gasteiger partial charge is 0.481 e. The summed E-state index contributed by atoms with van der Waals surface area (Å²) in [6.45, 7) is 2.02. The Morgan fingerprint density at radius 3 is 2.38 bits per heavy atom. The fraction of sp³-hybridized carbons (Fsp3) is 0.176. The zero-order valence-electron chi connectivity index (χ0n) is 11.7. The van der Waals surface area contributed by atoms with Crippen molar-refractivity contribution < 1.29 is 9.90 Å². The number of hydrogen-bond acceptors (Lipinski definition) is 3. The lowest BCUT2D eigenvalue weighted by Gasteiger charge is -2.09. The monoisotopic (exact) mass is 297 g/mol. The fourth-order valence-corrected chi connectivity index (χ4v) is 2.95.